The van der Waals surface area contributed by atoms with Crippen molar-refractivity contribution in [1.82, 2.24) is 19.7 Å². The summed E-state index contributed by atoms with van der Waals surface area (Å²) in [7, 11) is 0. The van der Waals surface area contributed by atoms with Crippen molar-refractivity contribution in [2.75, 3.05) is 0 Å². The quantitative estimate of drug-likeness (QED) is 0.399. The van der Waals surface area contributed by atoms with Gasteiger partial charge in [-0.15, -0.1) is 10.2 Å². The van der Waals surface area contributed by atoms with Crippen molar-refractivity contribution in [3.05, 3.63) is 82.2 Å². The van der Waals surface area contributed by atoms with Gasteiger partial charge in [0.15, 0.2) is 5.82 Å². The Morgan fingerprint density at radius 1 is 1.11 bits per heavy atom. The van der Waals surface area contributed by atoms with Gasteiger partial charge in [0.05, 0.1) is 18.8 Å². The largest absolute Gasteiger partial charge is 0.444 e. The third-order valence-electron chi connectivity index (χ3n) is 6.37. The predicted molar refractivity (Wildman–Crippen MR) is 133 cm³/mol. The molecule has 2 aliphatic rings. The Morgan fingerprint density at radius 3 is 2.57 bits per heavy atom. The van der Waals surface area contributed by atoms with Crippen LogP contribution in [-0.4, -0.2) is 31.4 Å². The summed E-state index contributed by atoms with van der Waals surface area (Å²) in [5, 5.41) is 9.69. The third kappa shape index (κ3) is 4.96. The summed E-state index contributed by atoms with van der Waals surface area (Å²) in [4.78, 5) is 14.6. The van der Waals surface area contributed by atoms with E-state index >= 15 is 0 Å². The molecule has 0 bridgehead atoms. The first-order valence-electron chi connectivity index (χ1n) is 11.8. The topological polar surface area (TPSA) is 60.2 Å². The van der Waals surface area contributed by atoms with Crippen molar-refractivity contribution in [2.45, 2.75) is 64.6 Å². The van der Waals surface area contributed by atoms with E-state index in [9.17, 15) is 9.18 Å². The lowest BCUT2D eigenvalue weighted by Gasteiger charge is -2.26. The zero-order chi connectivity index (χ0) is 24.7. The van der Waals surface area contributed by atoms with Crippen molar-refractivity contribution < 1.29 is 13.9 Å². The fraction of sp³-hybridized carbons (Fsp3) is 0.370. The molecule has 6 nitrogen and oxygen atoms in total. The number of hydrogen-bond donors (Lipinski definition) is 0. The van der Waals surface area contributed by atoms with Crippen LogP contribution in [0.1, 0.15) is 68.7 Å². The summed E-state index contributed by atoms with van der Waals surface area (Å²) in [6, 6.07) is 12.4. The molecular formula is C27H28ClFN4O2. The minimum atomic E-state index is -0.601. The average Bonchev–Trinajstić information content (AvgIpc) is 3.14. The van der Waals surface area contributed by atoms with Crippen LogP contribution in [0.5, 0.6) is 0 Å². The first-order chi connectivity index (χ1) is 16.7. The molecule has 0 saturated heterocycles. The van der Waals surface area contributed by atoms with Gasteiger partial charge in [0.1, 0.15) is 17.2 Å². The van der Waals surface area contributed by atoms with Crippen LogP contribution in [0.3, 0.4) is 0 Å². The molecular weight excluding hydrogens is 467 g/mol. The second-order valence-corrected chi connectivity index (χ2v) is 10.6. The fourth-order valence-electron chi connectivity index (χ4n) is 4.74. The lowest BCUT2D eigenvalue weighted by atomic mass is 9.86. The normalized spacial score (nSPS) is 17.8. The number of nitrogens with zero attached hydrogens (tertiary/aromatic N) is 4. The standard InChI is InChI=1S/C27H28ClFN4O2/c1-27(2,3)35-26(34)32-15-20-14-21(28)10-13-23(20)33-24(16-32)30-31-25(33)19-6-4-17(5-7-19)18-8-11-22(29)12-9-18/h4,8-14,19H,5-7,15-16H2,1-3H3/t19-/m1/s1. The Kier molecular flexibility index (Phi) is 6.13. The first kappa shape index (κ1) is 23.5. The zero-order valence-corrected chi connectivity index (χ0v) is 20.8. The number of ether oxygens (including phenoxy) is 1. The van der Waals surface area contributed by atoms with Crippen LogP contribution < -0.4 is 0 Å². The SMILES string of the molecule is CC(C)(C)OC(=O)N1Cc2cc(Cl)ccc2-n2c(nnc2[C@@H]2CC=C(c3ccc(F)cc3)CC2)C1. The van der Waals surface area contributed by atoms with Crippen molar-refractivity contribution in [1.29, 1.82) is 0 Å². The summed E-state index contributed by atoms with van der Waals surface area (Å²) in [6.07, 6.45) is 4.40. The van der Waals surface area contributed by atoms with Crippen LogP contribution in [0, 0.1) is 5.82 Å². The Bertz CT molecular complexity index is 1290. The fourth-order valence-corrected chi connectivity index (χ4v) is 4.94. The molecule has 0 saturated carbocycles. The third-order valence-corrected chi connectivity index (χ3v) is 6.61. The molecule has 1 amide bonds. The van der Waals surface area contributed by atoms with Crippen molar-refractivity contribution in [2.24, 2.45) is 0 Å². The highest BCUT2D eigenvalue weighted by Crippen LogP contribution is 2.38. The van der Waals surface area contributed by atoms with E-state index in [1.165, 1.54) is 17.7 Å². The second kappa shape index (κ2) is 9.11. The minimum Gasteiger partial charge on any atom is -0.444 e. The summed E-state index contributed by atoms with van der Waals surface area (Å²) < 4.78 is 21.0. The van der Waals surface area contributed by atoms with Crippen LogP contribution in [-0.2, 0) is 17.8 Å². The van der Waals surface area contributed by atoms with Gasteiger partial charge in [-0.1, -0.05) is 29.8 Å². The number of rotatable bonds is 2. The van der Waals surface area contributed by atoms with Crippen LogP contribution in [0.2, 0.25) is 5.02 Å². The number of halogens is 2. The lowest BCUT2D eigenvalue weighted by Crippen LogP contribution is -2.35. The molecule has 8 heteroatoms. The van der Waals surface area contributed by atoms with Gasteiger partial charge in [0.25, 0.3) is 0 Å². The molecule has 182 valence electrons. The molecule has 3 aromatic rings. The Balaban J connectivity index is 1.47. The molecule has 1 atom stereocenters. The van der Waals surface area contributed by atoms with Crippen LogP contribution in [0.15, 0.2) is 48.5 Å². The van der Waals surface area contributed by atoms with Gasteiger partial charge in [-0.3, -0.25) is 9.47 Å². The van der Waals surface area contributed by atoms with E-state index < -0.39 is 11.7 Å². The maximum Gasteiger partial charge on any atom is 0.411 e. The summed E-state index contributed by atoms with van der Waals surface area (Å²) >= 11 is 6.33. The van der Waals surface area contributed by atoms with Gasteiger partial charge >= 0.3 is 6.09 Å². The highest BCUT2D eigenvalue weighted by molar-refractivity contribution is 6.30. The maximum absolute atomic E-state index is 13.3. The molecule has 1 aliphatic heterocycles. The van der Waals surface area contributed by atoms with Gasteiger partial charge in [-0.05, 0) is 87.1 Å². The highest BCUT2D eigenvalue weighted by Gasteiger charge is 2.32. The van der Waals surface area contributed by atoms with Gasteiger partial charge in [0, 0.05) is 10.9 Å². The Morgan fingerprint density at radius 2 is 1.89 bits per heavy atom. The molecule has 1 aliphatic carbocycles. The number of carbonyl (C=O) groups is 1. The molecule has 0 fully saturated rings. The molecule has 0 radical (unpaired) electrons. The van der Waals surface area contributed by atoms with Crippen LogP contribution in [0.4, 0.5) is 9.18 Å². The number of allylic oxidation sites excluding steroid dienone is 2. The molecule has 0 unspecified atom stereocenters. The zero-order valence-electron chi connectivity index (χ0n) is 20.1. The Hall–Kier alpha value is -3.19. The molecule has 0 N–H and O–H groups in total. The van der Waals surface area contributed by atoms with E-state index in [-0.39, 0.29) is 18.3 Å². The van der Waals surface area contributed by atoms with E-state index in [1.54, 1.807) is 4.90 Å². The lowest BCUT2D eigenvalue weighted by molar-refractivity contribution is 0.0214. The van der Waals surface area contributed by atoms with E-state index in [0.717, 1.165) is 41.9 Å². The molecule has 5 rings (SSSR count). The average molecular weight is 495 g/mol. The van der Waals surface area contributed by atoms with E-state index in [4.69, 9.17) is 16.3 Å². The van der Waals surface area contributed by atoms with Crippen LogP contribution >= 0.6 is 11.6 Å². The number of fused-ring (bicyclic) bond motifs is 3. The minimum absolute atomic E-state index is 0.178. The van der Waals surface area contributed by atoms with E-state index in [1.807, 2.05) is 51.1 Å². The van der Waals surface area contributed by atoms with Crippen molar-refractivity contribution >= 4 is 23.3 Å². The number of benzene rings is 2. The van der Waals surface area contributed by atoms with Crippen molar-refractivity contribution in [3.63, 3.8) is 0 Å². The molecule has 1 aromatic heterocycles. The van der Waals surface area contributed by atoms with E-state index in [2.05, 4.69) is 20.8 Å². The van der Waals surface area contributed by atoms with Crippen molar-refractivity contribution in [3.8, 4) is 5.69 Å². The molecule has 2 heterocycles. The monoisotopic (exact) mass is 494 g/mol. The molecule has 0 spiro atoms. The first-order valence-corrected chi connectivity index (χ1v) is 12.2. The van der Waals surface area contributed by atoms with Crippen LogP contribution in [0.25, 0.3) is 11.3 Å². The van der Waals surface area contributed by atoms with Gasteiger partial charge in [-0.25, -0.2) is 9.18 Å². The summed E-state index contributed by atoms with van der Waals surface area (Å²) in [5.41, 5.74) is 3.53. The van der Waals surface area contributed by atoms with E-state index in [0.29, 0.717) is 17.4 Å². The second-order valence-electron chi connectivity index (χ2n) is 10.1. The number of aromatic nitrogens is 3. The number of amides is 1. The highest BCUT2D eigenvalue weighted by atomic mass is 35.5. The molecule has 35 heavy (non-hydrogen) atoms. The summed E-state index contributed by atoms with van der Waals surface area (Å²) in [5.74, 6) is 1.52. The Labute approximate surface area is 209 Å². The maximum atomic E-state index is 13.3. The number of hydrogen-bond acceptors (Lipinski definition) is 4. The number of carbonyl (C=O) groups excluding carboxylic acids is 1. The van der Waals surface area contributed by atoms with Gasteiger partial charge in [-0.2, -0.15) is 0 Å². The smallest absolute Gasteiger partial charge is 0.411 e. The van der Waals surface area contributed by atoms with Gasteiger partial charge < -0.3 is 4.74 Å². The predicted octanol–water partition coefficient (Wildman–Crippen LogP) is 6.66. The van der Waals surface area contributed by atoms with Gasteiger partial charge in [0.2, 0.25) is 0 Å². The summed E-state index contributed by atoms with van der Waals surface area (Å²) in [6.45, 7) is 6.21. The molecule has 2 aromatic carbocycles.